The van der Waals surface area contributed by atoms with E-state index < -0.39 is 0 Å². The molecule has 6 aromatic carbocycles. The predicted octanol–water partition coefficient (Wildman–Crippen LogP) is 8.57. The van der Waals surface area contributed by atoms with Crippen molar-refractivity contribution < 1.29 is 4.74 Å². The largest absolute Gasteiger partial charge is 0.458 e. The highest BCUT2D eigenvalue weighted by atomic mass is 16.5. The van der Waals surface area contributed by atoms with Gasteiger partial charge in [0.05, 0.1) is 0 Å². The molecule has 0 saturated heterocycles. The van der Waals surface area contributed by atoms with Crippen LogP contribution < -0.4 is 21.1 Å². The van der Waals surface area contributed by atoms with Gasteiger partial charge in [0.15, 0.2) is 0 Å². The van der Waals surface area contributed by atoms with E-state index in [0.29, 0.717) is 0 Å². The van der Waals surface area contributed by atoms with Crippen LogP contribution in [-0.2, 0) is 5.41 Å². The maximum Gasteiger partial charge on any atom is 0.251 e. The first kappa shape index (κ1) is 25.9. The van der Waals surface area contributed by atoms with Gasteiger partial charge in [-0.2, -0.15) is 0 Å². The smallest absolute Gasteiger partial charge is 0.251 e. The molecule has 43 heavy (non-hydrogen) atoms. The lowest BCUT2D eigenvalue weighted by atomic mass is 9.30. The lowest BCUT2D eigenvalue weighted by molar-refractivity contribution is 0.484. The maximum atomic E-state index is 6.59. The Balaban J connectivity index is 1.38. The van der Waals surface area contributed by atoms with Crippen molar-refractivity contribution in [1.82, 2.24) is 0 Å². The fraction of sp³-hybridized carbons (Fsp3) is 0.122. The van der Waals surface area contributed by atoms with Crippen LogP contribution in [0.5, 0.6) is 11.5 Å². The van der Waals surface area contributed by atoms with Crippen LogP contribution in [0.2, 0.25) is 0 Å². The maximum absolute atomic E-state index is 6.59. The number of benzene rings is 6. The molecule has 206 valence electrons. The van der Waals surface area contributed by atoms with Crippen LogP contribution in [0.4, 0.5) is 0 Å². The summed E-state index contributed by atoms with van der Waals surface area (Å²) in [5, 5.41) is 0. The summed E-state index contributed by atoms with van der Waals surface area (Å²) in [6.07, 6.45) is 0. The third kappa shape index (κ3) is 4.08. The number of hydrogen-bond donors (Lipinski definition) is 0. The fourth-order valence-corrected chi connectivity index (χ4v) is 7.57. The molecule has 0 aromatic heterocycles. The van der Waals surface area contributed by atoms with Crippen molar-refractivity contribution in [3.63, 3.8) is 0 Å². The first-order chi connectivity index (χ1) is 20.9. The second-order valence-corrected chi connectivity index (χ2v) is 12.7. The third-order valence-electron chi connectivity index (χ3n) is 9.54. The molecule has 0 atom stereocenters. The van der Waals surface area contributed by atoms with Crippen LogP contribution in [0.3, 0.4) is 0 Å². The molecule has 0 fully saturated rings. The zero-order valence-electron chi connectivity index (χ0n) is 25.1. The molecule has 0 N–H and O–H groups in total. The van der Waals surface area contributed by atoms with Crippen LogP contribution in [0.15, 0.2) is 127 Å². The molecule has 1 nitrogen and oxygen atoms in total. The number of ether oxygens (including phenoxy) is 1. The average molecular weight is 553 g/mol. The standard InChI is InChI=1S/C41H33BO/c1-26-15-19-37-36(21-26)42-35-25-30(17-18-34(35)41(3,4)39-27(2)16-20-38(43-37)40(39)42)33-23-31(28-11-7-5-8-12-28)22-32(24-33)29-13-9-6-10-14-29/h5-25H,1-4H3. The Morgan fingerprint density at radius 2 is 1.12 bits per heavy atom. The molecule has 0 spiro atoms. The van der Waals surface area contributed by atoms with Crippen molar-refractivity contribution in [3.05, 3.63) is 150 Å². The lowest BCUT2D eigenvalue weighted by Crippen LogP contribution is -2.62. The van der Waals surface area contributed by atoms with E-state index in [1.54, 1.807) is 0 Å². The summed E-state index contributed by atoms with van der Waals surface area (Å²) in [4.78, 5) is 0. The Morgan fingerprint density at radius 3 is 1.77 bits per heavy atom. The third-order valence-corrected chi connectivity index (χ3v) is 9.54. The van der Waals surface area contributed by atoms with Gasteiger partial charge in [-0.05, 0) is 105 Å². The van der Waals surface area contributed by atoms with Gasteiger partial charge in [0.2, 0.25) is 0 Å². The van der Waals surface area contributed by atoms with Gasteiger partial charge in [-0.25, -0.2) is 0 Å². The molecule has 0 aliphatic carbocycles. The highest BCUT2D eigenvalue weighted by molar-refractivity contribution is 6.98. The highest BCUT2D eigenvalue weighted by Gasteiger charge is 2.45. The quantitative estimate of drug-likeness (QED) is 0.200. The summed E-state index contributed by atoms with van der Waals surface area (Å²) >= 11 is 0. The van der Waals surface area contributed by atoms with E-state index in [2.05, 4.69) is 155 Å². The minimum Gasteiger partial charge on any atom is -0.458 e. The van der Waals surface area contributed by atoms with E-state index in [4.69, 9.17) is 4.74 Å². The zero-order valence-corrected chi connectivity index (χ0v) is 25.1. The van der Waals surface area contributed by atoms with Gasteiger partial charge in [0.25, 0.3) is 6.71 Å². The number of fused-ring (bicyclic) bond motifs is 4. The van der Waals surface area contributed by atoms with E-state index in [9.17, 15) is 0 Å². The first-order valence-corrected chi connectivity index (χ1v) is 15.2. The van der Waals surface area contributed by atoms with E-state index in [1.807, 2.05) is 0 Å². The summed E-state index contributed by atoms with van der Waals surface area (Å²) in [6.45, 7) is 9.30. The van der Waals surface area contributed by atoms with E-state index >= 15 is 0 Å². The molecule has 2 aliphatic heterocycles. The second kappa shape index (κ2) is 9.61. The number of aryl methyl sites for hydroxylation is 2. The van der Waals surface area contributed by atoms with Crippen LogP contribution in [0.25, 0.3) is 33.4 Å². The number of rotatable bonds is 3. The fourth-order valence-electron chi connectivity index (χ4n) is 7.57. The van der Waals surface area contributed by atoms with Crippen molar-refractivity contribution in [2.45, 2.75) is 33.1 Å². The molecule has 0 saturated carbocycles. The van der Waals surface area contributed by atoms with Crippen molar-refractivity contribution in [3.8, 4) is 44.9 Å². The van der Waals surface area contributed by atoms with Crippen molar-refractivity contribution >= 4 is 23.1 Å². The summed E-state index contributed by atoms with van der Waals surface area (Å²) in [6, 6.07) is 46.7. The van der Waals surface area contributed by atoms with Crippen molar-refractivity contribution in [1.29, 1.82) is 0 Å². The summed E-state index contributed by atoms with van der Waals surface area (Å²) < 4.78 is 6.59. The SMILES string of the molecule is Cc1ccc2c(c1)B1c3cc(-c4cc(-c5ccccc5)cc(-c5ccccc5)c4)ccc3C(C)(C)c3c(C)ccc(c31)O2. The van der Waals surface area contributed by atoms with Crippen molar-refractivity contribution in [2.24, 2.45) is 0 Å². The Bertz CT molecular complexity index is 1980. The van der Waals surface area contributed by atoms with Gasteiger partial charge in [-0.3, -0.25) is 0 Å². The van der Waals surface area contributed by atoms with Gasteiger partial charge < -0.3 is 4.74 Å². The predicted molar refractivity (Wildman–Crippen MR) is 182 cm³/mol. The van der Waals surface area contributed by atoms with Crippen LogP contribution in [0.1, 0.15) is 36.1 Å². The van der Waals surface area contributed by atoms with Crippen molar-refractivity contribution in [2.75, 3.05) is 0 Å². The molecule has 6 aromatic rings. The van der Waals surface area contributed by atoms with Gasteiger partial charge in [-0.15, -0.1) is 0 Å². The summed E-state index contributed by atoms with van der Waals surface area (Å²) in [7, 11) is 0. The Morgan fingerprint density at radius 1 is 0.512 bits per heavy atom. The van der Waals surface area contributed by atoms with Crippen LogP contribution in [0, 0.1) is 13.8 Å². The first-order valence-electron chi connectivity index (χ1n) is 15.2. The van der Waals surface area contributed by atoms with E-state index in [-0.39, 0.29) is 12.1 Å². The highest BCUT2D eigenvalue weighted by Crippen LogP contribution is 2.41. The normalized spacial score (nSPS) is 13.9. The van der Waals surface area contributed by atoms with Gasteiger partial charge >= 0.3 is 0 Å². The summed E-state index contributed by atoms with van der Waals surface area (Å²) in [5.74, 6) is 1.95. The van der Waals surface area contributed by atoms with Crippen LogP contribution in [-0.4, -0.2) is 6.71 Å². The van der Waals surface area contributed by atoms with Gasteiger partial charge in [-0.1, -0.05) is 122 Å². The number of hydrogen-bond acceptors (Lipinski definition) is 1. The molecular weight excluding hydrogens is 519 g/mol. The molecule has 0 amide bonds. The minimum atomic E-state index is -0.147. The second-order valence-electron chi connectivity index (χ2n) is 12.7. The van der Waals surface area contributed by atoms with Gasteiger partial charge in [0, 0.05) is 5.41 Å². The molecule has 0 unspecified atom stereocenters. The molecule has 0 bridgehead atoms. The lowest BCUT2D eigenvalue weighted by Gasteiger charge is -2.42. The van der Waals surface area contributed by atoms with E-state index in [0.717, 1.165) is 11.5 Å². The molecular formula is C41H33BO. The van der Waals surface area contributed by atoms with Gasteiger partial charge in [0.1, 0.15) is 11.5 Å². The zero-order chi connectivity index (χ0) is 29.3. The molecule has 2 heteroatoms. The average Bonchev–Trinajstić information content (AvgIpc) is 3.04. The summed E-state index contributed by atoms with van der Waals surface area (Å²) in [5.41, 5.74) is 16.6. The van der Waals surface area contributed by atoms with E-state index in [1.165, 1.54) is 72.0 Å². The minimum absolute atomic E-state index is 0.127. The molecule has 0 radical (unpaired) electrons. The molecule has 8 rings (SSSR count). The Labute approximate surface area is 254 Å². The Hall–Kier alpha value is -4.82. The van der Waals surface area contributed by atoms with Crippen LogP contribution >= 0.6 is 0 Å². The molecule has 2 aliphatic rings. The molecule has 2 heterocycles. The topological polar surface area (TPSA) is 9.23 Å². The monoisotopic (exact) mass is 552 g/mol. The Kier molecular flexibility index (Phi) is 5.78.